The Labute approximate surface area is 138 Å². The van der Waals surface area contributed by atoms with E-state index in [4.69, 9.17) is 0 Å². The van der Waals surface area contributed by atoms with Crippen molar-refractivity contribution in [3.8, 4) is 0 Å². The predicted molar refractivity (Wildman–Crippen MR) is 83.1 cm³/mol. The number of nitrogens with one attached hydrogen (secondary N) is 1. The van der Waals surface area contributed by atoms with E-state index in [-0.39, 0.29) is 12.1 Å². The number of nitrogens with zero attached hydrogens (tertiary/aromatic N) is 2. The van der Waals surface area contributed by atoms with Crippen molar-refractivity contribution >= 4 is 0 Å². The minimum Gasteiger partial charge on any atom is -0.385 e. The van der Waals surface area contributed by atoms with Gasteiger partial charge in [-0.15, -0.1) is 0 Å². The molecule has 24 heavy (non-hydrogen) atoms. The van der Waals surface area contributed by atoms with Gasteiger partial charge in [0.05, 0.1) is 22.9 Å². The second-order valence-corrected chi connectivity index (χ2v) is 6.51. The molecule has 3 rings (SSSR count). The van der Waals surface area contributed by atoms with Gasteiger partial charge in [-0.25, -0.2) is 0 Å². The Balaban J connectivity index is 1.89. The van der Waals surface area contributed by atoms with Crippen LogP contribution in [-0.4, -0.2) is 20.9 Å². The lowest BCUT2D eigenvalue weighted by molar-refractivity contribution is -0.137. The summed E-state index contributed by atoms with van der Waals surface area (Å²) in [5.41, 5.74) is -0.438. The van der Waals surface area contributed by atoms with Crippen LogP contribution in [0.1, 0.15) is 42.6 Å². The van der Waals surface area contributed by atoms with Gasteiger partial charge in [-0.1, -0.05) is 12.1 Å². The number of halogens is 3. The van der Waals surface area contributed by atoms with Crippen LogP contribution in [0.2, 0.25) is 0 Å². The fourth-order valence-electron chi connectivity index (χ4n) is 3.51. The molecule has 4 nitrogen and oxygen atoms in total. The van der Waals surface area contributed by atoms with Crippen LogP contribution in [0.3, 0.4) is 0 Å². The van der Waals surface area contributed by atoms with Crippen molar-refractivity contribution in [3.63, 3.8) is 0 Å². The number of benzene rings is 1. The van der Waals surface area contributed by atoms with Crippen LogP contribution in [0.4, 0.5) is 13.2 Å². The second-order valence-electron chi connectivity index (χ2n) is 6.51. The number of hydrogen-bond donors (Lipinski definition) is 2. The number of hydrogen-bond acceptors (Lipinski definition) is 3. The smallest absolute Gasteiger partial charge is 0.385 e. The Bertz CT molecular complexity index is 711. The largest absolute Gasteiger partial charge is 0.416 e. The average Bonchev–Trinajstić information content (AvgIpc) is 2.92. The van der Waals surface area contributed by atoms with Gasteiger partial charge in [0, 0.05) is 25.7 Å². The van der Waals surface area contributed by atoms with Crippen LogP contribution < -0.4 is 5.32 Å². The van der Waals surface area contributed by atoms with Crippen LogP contribution in [-0.2, 0) is 18.8 Å². The molecular weight excluding hydrogens is 319 g/mol. The van der Waals surface area contributed by atoms with Gasteiger partial charge >= 0.3 is 6.18 Å². The standard InChI is InChI=1S/C17H20F3N3O/c1-11-9-16(24,10-14(22-11)15-7-8-21-23(15)2)12-3-5-13(6-4-12)17(18,19)20/h3-8,11,14,22,24H,9-10H2,1-2H3/t11-,14-,16?/m0/s1. The molecule has 1 aliphatic rings. The van der Waals surface area contributed by atoms with Crippen molar-refractivity contribution in [2.24, 2.45) is 7.05 Å². The van der Waals surface area contributed by atoms with E-state index < -0.39 is 17.3 Å². The summed E-state index contributed by atoms with van der Waals surface area (Å²) < 4.78 is 39.9. The van der Waals surface area contributed by atoms with Gasteiger partial charge in [-0.3, -0.25) is 4.68 Å². The summed E-state index contributed by atoms with van der Waals surface area (Å²) in [5.74, 6) is 0. The van der Waals surface area contributed by atoms with E-state index in [9.17, 15) is 18.3 Å². The molecule has 1 unspecified atom stereocenters. The molecule has 2 aromatic rings. The van der Waals surface area contributed by atoms with E-state index in [0.29, 0.717) is 18.4 Å². The van der Waals surface area contributed by atoms with E-state index in [0.717, 1.165) is 17.8 Å². The van der Waals surface area contributed by atoms with Crippen LogP contribution >= 0.6 is 0 Å². The quantitative estimate of drug-likeness (QED) is 0.884. The zero-order valence-corrected chi connectivity index (χ0v) is 13.5. The summed E-state index contributed by atoms with van der Waals surface area (Å²) in [5, 5.41) is 18.7. The molecule has 3 atom stereocenters. The third kappa shape index (κ3) is 3.18. The zero-order chi connectivity index (χ0) is 17.5. The lowest BCUT2D eigenvalue weighted by atomic mass is 9.78. The molecule has 0 saturated carbocycles. The first-order valence-electron chi connectivity index (χ1n) is 7.83. The van der Waals surface area contributed by atoms with Gasteiger partial charge in [-0.05, 0) is 37.1 Å². The Morgan fingerprint density at radius 2 is 1.88 bits per heavy atom. The van der Waals surface area contributed by atoms with Crippen molar-refractivity contribution in [1.29, 1.82) is 0 Å². The maximum Gasteiger partial charge on any atom is 0.416 e. The normalized spacial score (nSPS) is 28.1. The summed E-state index contributed by atoms with van der Waals surface area (Å²) in [6.45, 7) is 1.96. The van der Waals surface area contributed by atoms with Crippen molar-refractivity contribution in [2.45, 2.75) is 43.6 Å². The minimum absolute atomic E-state index is 0.0194. The van der Waals surface area contributed by atoms with Gasteiger partial charge in [0.1, 0.15) is 0 Å². The monoisotopic (exact) mass is 339 g/mol. The van der Waals surface area contributed by atoms with Gasteiger partial charge in [0.2, 0.25) is 0 Å². The Hall–Kier alpha value is -1.86. The van der Waals surface area contributed by atoms with Crippen LogP contribution in [0, 0.1) is 0 Å². The first-order chi connectivity index (χ1) is 11.2. The first-order valence-corrected chi connectivity index (χ1v) is 7.83. The fourth-order valence-corrected chi connectivity index (χ4v) is 3.51. The molecule has 0 bridgehead atoms. The highest BCUT2D eigenvalue weighted by Crippen LogP contribution is 2.40. The minimum atomic E-state index is -4.38. The summed E-state index contributed by atoms with van der Waals surface area (Å²) in [6.07, 6.45) is -1.87. The molecular formula is C17H20F3N3O. The molecule has 1 saturated heterocycles. The Kier molecular flexibility index (Phi) is 4.17. The number of aromatic nitrogens is 2. The molecule has 2 N–H and O–H groups in total. The lowest BCUT2D eigenvalue weighted by Gasteiger charge is -2.41. The summed E-state index contributed by atoms with van der Waals surface area (Å²) in [6, 6.07) is 6.59. The van der Waals surface area contributed by atoms with Crippen molar-refractivity contribution in [3.05, 3.63) is 53.3 Å². The SMILES string of the molecule is C[C@H]1CC(O)(c2ccc(C(F)(F)F)cc2)C[C@@H](c2ccnn2C)N1. The topological polar surface area (TPSA) is 50.1 Å². The highest BCUT2D eigenvalue weighted by atomic mass is 19.4. The number of alkyl halides is 3. The Morgan fingerprint density at radius 3 is 2.42 bits per heavy atom. The van der Waals surface area contributed by atoms with Crippen LogP contribution in [0.5, 0.6) is 0 Å². The van der Waals surface area contributed by atoms with Crippen LogP contribution in [0.15, 0.2) is 36.5 Å². The first kappa shape index (κ1) is 17.0. The van der Waals surface area contributed by atoms with E-state index in [2.05, 4.69) is 10.4 Å². The van der Waals surface area contributed by atoms with Crippen molar-refractivity contribution < 1.29 is 18.3 Å². The lowest BCUT2D eigenvalue weighted by Crippen LogP contribution is -2.47. The van der Waals surface area contributed by atoms with E-state index in [1.165, 1.54) is 12.1 Å². The Morgan fingerprint density at radius 1 is 1.21 bits per heavy atom. The van der Waals surface area contributed by atoms with Gasteiger partial charge in [0.25, 0.3) is 0 Å². The fraction of sp³-hybridized carbons (Fsp3) is 0.471. The molecule has 0 spiro atoms. The number of rotatable bonds is 2. The number of aryl methyl sites for hydroxylation is 1. The van der Waals surface area contributed by atoms with Crippen LogP contribution in [0.25, 0.3) is 0 Å². The number of aliphatic hydroxyl groups is 1. The average molecular weight is 339 g/mol. The molecule has 1 aliphatic heterocycles. The highest BCUT2D eigenvalue weighted by Gasteiger charge is 2.40. The number of piperidine rings is 1. The second kappa shape index (κ2) is 5.89. The third-order valence-corrected chi connectivity index (χ3v) is 4.64. The molecule has 130 valence electrons. The van der Waals surface area contributed by atoms with E-state index in [1.807, 2.05) is 20.0 Å². The molecule has 0 amide bonds. The highest BCUT2D eigenvalue weighted by molar-refractivity contribution is 5.30. The molecule has 1 aromatic heterocycles. The van der Waals surface area contributed by atoms with Gasteiger partial charge in [-0.2, -0.15) is 18.3 Å². The molecule has 2 heterocycles. The molecule has 0 radical (unpaired) electrons. The van der Waals surface area contributed by atoms with Gasteiger partial charge in [0.15, 0.2) is 0 Å². The molecule has 1 fully saturated rings. The summed E-state index contributed by atoms with van der Waals surface area (Å²) >= 11 is 0. The molecule has 1 aromatic carbocycles. The van der Waals surface area contributed by atoms with E-state index >= 15 is 0 Å². The van der Waals surface area contributed by atoms with E-state index in [1.54, 1.807) is 10.9 Å². The summed E-state index contributed by atoms with van der Waals surface area (Å²) in [4.78, 5) is 0. The van der Waals surface area contributed by atoms with Gasteiger partial charge < -0.3 is 10.4 Å². The summed E-state index contributed by atoms with van der Waals surface area (Å²) in [7, 11) is 1.83. The predicted octanol–water partition coefficient (Wildman–Crippen LogP) is 3.14. The maximum absolute atomic E-state index is 12.7. The van der Waals surface area contributed by atoms with Crippen molar-refractivity contribution in [2.75, 3.05) is 0 Å². The molecule has 7 heteroatoms. The molecule has 0 aliphatic carbocycles. The zero-order valence-electron chi connectivity index (χ0n) is 13.5. The maximum atomic E-state index is 12.7. The van der Waals surface area contributed by atoms with Crippen molar-refractivity contribution in [1.82, 2.24) is 15.1 Å². The third-order valence-electron chi connectivity index (χ3n) is 4.64.